The summed E-state index contributed by atoms with van der Waals surface area (Å²) in [5, 5.41) is 2.55. The molecule has 0 radical (unpaired) electrons. The summed E-state index contributed by atoms with van der Waals surface area (Å²) < 4.78 is 5.24. The number of ketones is 1. The van der Waals surface area contributed by atoms with Crippen LogP contribution in [0.4, 0.5) is 4.79 Å². The zero-order valence-electron chi connectivity index (χ0n) is 16.7. The molecule has 0 saturated heterocycles. The molecule has 0 aliphatic carbocycles. The Morgan fingerprint density at radius 2 is 1.40 bits per heavy atom. The smallest absolute Gasteiger partial charge is 0.410 e. The molecule has 0 fully saturated rings. The molecule has 8 nitrogen and oxygen atoms in total. The first-order valence-corrected chi connectivity index (χ1v) is 8.22. The highest BCUT2D eigenvalue weighted by atomic mass is 16.6. The van der Waals surface area contributed by atoms with Crippen LogP contribution in [0.5, 0.6) is 0 Å². The number of hydrogen-bond acceptors (Lipinski definition) is 5. The molecule has 0 heterocycles. The number of Topliss-reactive ketones (excluding diaryl/α,β-unsaturated/α-hetero) is 1. The topological polar surface area (TPSA) is 96.0 Å². The highest BCUT2D eigenvalue weighted by Gasteiger charge is 2.32. The quantitative estimate of drug-likeness (QED) is 0.770. The molecule has 0 saturated carbocycles. The number of amides is 3. The lowest BCUT2D eigenvalue weighted by Gasteiger charge is -2.32. The van der Waals surface area contributed by atoms with Crippen LogP contribution in [0.15, 0.2) is 0 Å². The number of ether oxygens (including phenoxy) is 1. The van der Waals surface area contributed by atoms with Gasteiger partial charge in [0.15, 0.2) is 5.78 Å². The molecule has 0 bridgehead atoms. The van der Waals surface area contributed by atoms with Crippen molar-refractivity contribution in [2.24, 2.45) is 0 Å². The van der Waals surface area contributed by atoms with E-state index in [1.54, 1.807) is 41.5 Å². The van der Waals surface area contributed by atoms with Crippen molar-refractivity contribution < 1.29 is 23.9 Å². The Hall–Kier alpha value is -2.12. The van der Waals surface area contributed by atoms with E-state index in [9.17, 15) is 19.2 Å². The van der Waals surface area contributed by atoms with E-state index in [-0.39, 0.29) is 5.78 Å². The number of nitrogens with one attached hydrogen (secondary N) is 1. The SMILES string of the molecule is CC(=O)[C@@H](C)NC(=O)[C@@H](C)N(C)C(=O)[C@H](C)N(C)C(=O)OC(C)(C)C. The first-order valence-electron chi connectivity index (χ1n) is 8.22. The first kappa shape index (κ1) is 22.9. The fourth-order valence-electron chi connectivity index (χ4n) is 1.75. The summed E-state index contributed by atoms with van der Waals surface area (Å²) in [6, 6.07) is -2.22. The molecule has 144 valence electrons. The maximum Gasteiger partial charge on any atom is 0.410 e. The molecule has 0 spiro atoms. The van der Waals surface area contributed by atoms with Gasteiger partial charge in [0.05, 0.1) is 6.04 Å². The van der Waals surface area contributed by atoms with Crippen molar-refractivity contribution in [1.82, 2.24) is 15.1 Å². The van der Waals surface area contributed by atoms with Gasteiger partial charge < -0.3 is 15.0 Å². The van der Waals surface area contributed by atoms with Crippen molar-refractivity contribution >= 4 is 23.7 Å². The van der Waals surface area contributed by atoms with Crippen molar-refractivity contribution in [1.29, 1.82) is 0 Å². The van der Waals surface area contributed by atoms with Gasteiger partial charge in [-0.3, -0.25) is 19.3 Å². The average Bonchev–Trinajstić information content (AvgIpc) is 2.49. The lowest BCUT2D eigenvalue weighted by Crippen LogP contribution is -2.54. The van der Waals surface area contributed by atoms with E-state index in [1.165, 1.54) is 30.8 Å². The second-order valence-corrected chi connectivity index (χ2v) is 7.23. The summed E-state index contributed by atoms with van der Waals surface area (Å²) >= 11 is 0. The molecule has 25 heavy (non-hydrogen) atoms. The van der Waals surface area contributed by atoms with Gasteiger partial charge >= 0.3 is 6.09 Å². The minimum Gasteiger partial charge on any atom is -0.444 e. The Kier molecular flexibility index (Phi) is 8.08. The fraction of sp³-hybridized carbons (Fsp3) is 0.765. The lowest BCUT2D eigenvalue weighted by atomic mass is 10.2. The number of rotatable bonds is 6. The summed E-state index contributed by atoms with van der Waals surface area (Å²) in [6.45, 7) is 11.3. The Labute approximate surface area is 149 Å². The third-order valence-corrected chi connectivity index (χ3v) is 3.90. The molecule has 0 aromatic heterocycles. The summed E-state index contributed by atoms with van der Waals surface area (Å²) in [7, 11) is 2.94. The van der Waals surface area contributed by atoms with Crippen molar-refractivity contribution in [3.8, 4) is 0 Å². The van der Waals surface area contributed by atoms with Gasteiger partial charge in [-0.15, -0.1) is 0 Å². The van der Waals surface area contributed by atoms with Crippen molar-refractivity contribution in [3.05, 3.63) is 0 Å². The van der Waals surface area contributed by atoms with Crippen molar-refractivity contribution in [3.63, 3.8) is 0 Å². The molecular weight excluding hydrogens is 326 g/mol. The van der Waals surface area contributed by atoms with Gasteiger partial charge in [-0.25, -0.2) is 4.79 Å². The number of carbonyl (C=O) groups excluding carboxylic acids is 4. The van der Waals surface area contributed by atoms with E-state index in [0.29, 0.717) is 0 Å². The lowest BCUT2D eigenvalue weighted by molar-refractivity contribution is -0.142. The first-order chi connectivity index (χ1) is 11.2. The Bertz CT molecular complexity index is 527. The number of hydrogen-bond donors (Lipinski definition) is 1. The zero-order valence-corrected chi connectivity index (χ0v) is 16.7. The van der Waals surface area contributed by atoms with Crippen LogP contribution in [0.2, 0.25) is 0 Å². The number of nitrogens with zero attached hydrogens (tertiary/aromatic N) is 2. The van der Waals surface area contributed by atoms with Gasteiger partial charge in [-0.05, 0) is 48.5 Å². The van der Waals surface area contributed by atoms with Crippen LogP contribution in [0.1, 0.15) is 48.5 Å². The minimum atomic E-state index is -0.805. The van der Waals surface area contributed by atoms with Crippen LogP contribution >= 0.6 is 0 Å². The molecular formula is C17H31N3O5. The van der Waals surface area contributed by atoms with Crippen LogP contribution in [0.25, 0.3) is 0 Å². The molecule has 0 aliphatic rings. The molecule has 3 amide bonds. The van der Waals surface area contributed by atoms with E-state index in [0.717, 1.165) is 0 Å². The Morgan fingerprint density at radius 1 is 0.920 bits per heavy atom. The monoisotopic (exact) mass is 357 g/mol. The molecule has 0 rings (SSSR count). The highest BCUT2D eigenvalue weighted by molar-refractivity contribution is 5.93. The molecule has 0 aromatic rings. The van der Waals surface area contributed by atoms with Gasteiger partial charge in [0, 0.05) is 14.1 Å². The van der Waals surface area contributed by atoms with E-state index >= 15 is 0 Å². The summed E-state index contributed by atoms with van der Waals surface area (Å²) in [6.07, 6.45) is -0.621. The van der Waals surface area contributed by atoms with Gasteiger partial charge in [-0.1, -0.05) is 0 Å². The molecule has 3 atom stereocenters. The molecule has 1 N–H and O–H groups in total. The van der Waals surface area contributed by atoms with Crippen LogP contribution in [0.3, 0.4) is 0 Å². The van der Waals surface area contributed by atoms with Crippen LogP contribution in [-0.2, 0) is 19.1 Å². The van der Waals surface area contributed by atoms with E-state index in [4.69, 9.17) is 4.74 Å². The standard InChI is InChI=1S/C17H31N3O5/c1-10(13(4)21)18-14(22)11(2)19(8)15(23)12(3)20(9)16(24)25-17(5,6)7/h10-12H,1-9H3,(H,18,22)/t10-,11-,12+/m1/s1. The summed E-state index contributed by atoms with van der Waals surface area (Å²) in [5.41, 5.74) is -0.671. The van der Waals surface area contributed by atoms with Gasteiger partial charge in [0.2, 0.25) is 11.8 Å². The fourth-order valence-corrected chi connectivity index (χ4v) is 1.75. The Morgan fingerprint density at radius 3 is 1.80 bits per heavy atom. The Balaban J connectivity index is 4.93. The second kappa shape index (κ2) is 8.82. The van der Waals surface area contributed by atoms with Crippen LogP contribution in [-0.4, -0.2) is 71.3 Å². The summed E-state index contributed by atoms with van der Waals surface area (Å²) in [4.78, 5) is 50.4. The van der Waals surface area contributed by atoms with Gasteiger partial charge in [0.1, 0.15) is 17.7 Å². The minimum absolute atomic E-state index is 0.174. The predicted molar refractivity (Wildman–Crippen MR) is 94.0 cm³/mol. The molecule has 0 aromatic carbocycles. The zero-order chi connectivity index (χ0) is 20.1. The second-order valence-electron chi connectivity index (χ2n) is 7.23. The van der Waals surface area contributed by atoms with E-state index < -0.39 is 41.6 Å². The normalized spacial score (nSPS) is 14.8. The summed E-state index contributed by atoms with van der Waals surface area (Å²) in [5.74, 6) is -1.02. The third-order valence-electron chi connectivity index (χ3n) is 3.90. The van der Waals surface area contributed by atoms with Crippen LogP contribution in [0, 0.1) is 0 Å². The van der Waals surface area contributed by atoms with Crippen molar-refractivity contribution in [2.75, 3.05) is 14.1 Å². The van der Waals surface area contributed by atoms with Crippen LogP contribution < -0.4 is 5.32 Å². The molecule has 0 aliphatic heterocycles. The average molecular weight is 357 g/mol. The highest BCUT2D eigenvalue weighted by Crippen LogP contribution is 2.12. The maximum absolute atomic E-state index is 12.5. The number of likely N-dealkylation sites (N-methyl/N-ethyl adjacent to an activating group) is 2. The molecule has 0 unspecified atom stereocenters. The largest absolute Gasteiger partial charge is 0.444 e. The van der Waals surface area contributed by atoms with Gasteiger partial charge in [-0.2, -0.15) is 0 Å². The van der Waals surface area contributed by atoms with Crippen molar-refractivity contribution in [2.45, 2.75) is 72.2 Å². The predicted octanol–water partition coefficient (Wildman–Crippen LogP) is 1.18. The van der Waals surface area contributed by atoms with E-state index in [1.807, 2.05) is 0 Å². The third kappa shape index (κ3) is 7.11. The van der Waals surface area contributed by atoms with Gasteiger partial charge in [0.25, 0.3) is 0 Å². The molecule has 8 heteroatoms. The maximum atomic E-state index is 12.5. The number of carbonyl (C=O) groups is 4. The van der Waals surface area contributed by atoms with E-state index in [2.05, 4.69) is 5.32 Å².